The number of carbonyl (C=O) groups excluding carboxylic acids is 1. The number of rotatable bonds is 8. The van der Waals surface area contributed by atoms with E-state index in [0.717, 1.165) is 17.5 Å². The van der Waals surface area contributed by atoms with Crippen molar-refractivity contribution >= 4 is 11.7 Å². The van der Waals surface area contributed by atoms with Crippen molar-refractivity contribution in [1.82, 2.24) is 14.5 Å². The lowest BCUT2D eigenvalue weighted by Crippen LogP contribution is -2.54. The number of hydrogen-bond acceptors (Lipinski definition) is 6. The first kappa shape index (κ1) is 21.9. The highest BCUT2D eigenvalue weighted by Crippen LogP contribution is 2.35. The van der Waals surface area contributed by atoms with Gasteiger partial charge in [0.15, 0.2) is 11.5 Å². The summed E-state index contributed by atoms with van der Waals surface area (Å²) in [5.41, 5.74) is 2.47. The van der Waals surface area contributed by atoms with Crippen LogP contribution in [0.5, 0.6) is 11.8 Å². The molecule has 4 rings (SSSR count). The van der Waals surface area contributed by atoms with E-state index in [4.69, 9.17) is 4.74 Å². The molecule has 0 spiro atoms. The van der Waals surface area contributed by atoms with Crippen LogP contribution in [0.1, 0.15) is 35.0 Å². The molecule has 0 radical (unpaired) electrons. The van der Waals surface area contributed by atoms with Gasteiger partial charge in [-0.05, 0) is 36.1 Å². The van der Waals surface area contributed by atoms with Crippen molar-refractivity contribution in [3.05, 3.63) is 71.4 Å². The highest BCUT2D eigenvalue weighted by Gasteiger charge is 2.40. The van der Waals surface area contributed by atoms with Gasteiger partial charge in [0.05, 0.1) is 6.54 Å². The molecule has 1 unspecified atom stereocenters. The Morgan fingerprint density at radius 2 is 1.84 bits per heavy atom. The molecular formula is C24H28N4O4. The number of anilines is 1. The maximum Gasteiger partial charge on any atom is 0.304 e. The number of fused-ring (bicyclic) bond motifs is 1. The smallest absolute Gasteiger partial charge is 0.304 e. The first-order valence-electron chi connectivity index (χ1n) is 10.8. The largest absolute Gasteiger partial charge is 0.425 e. The molecule has 168 valence electrons. The summed E-state index contributed by atoms with van der Waals surface area (Å²) in [6, 6.07) is 17.8. The van der Waals surface area contributed by atoms with Crippen molar-refractivity contribution in [2.45, 2.75) is 32.7 Å². The quantitative estimate of drug-likeness (QED) is 0.564. The van der Waals surface area contributed by atoms with E-state index in [1.54, 1.807) is 16.5 Å². The Hall–Kier alpha value is -3.36. The van der Waals surface area contributed by atoms with Gasteiger partial charge in [-0.2, -0.15) is 4.98 Å². The normalized spacial score (nSPS) is 15.8. The Labute approximate surface area is 187 Å². The molecule has 1 aliphatic rings. The summed E-state index contributed by atoms with van der Waals surface area (Å²) in [6.45, 7) is 2.61. The Morgan fingerprint density at radius 3 is 2.56 bits per heavy atom. The molecule has 3 aromatic rings. The Kier molecular flexibility index (Phi) is 6.43. The molecule has 8 heteroatoms. The molecule has 2 aromatic carbocycles. The van der Waals surface area contributed by atoms with Crippen LogP contribution >= 0.6 is 0 Å². The number of aliphatic hydroxyl groups is 2. The maximum absolute atomic E-state index is 13.4. The number of benzene rings is 2. The average molecular weight is 437 g/mol. The lowest BCUT2D eigenvalue weighted by molar-refractivity contribution is 0.00112. The zero-order chi connectivity index (χ0) is 22.7. The van der Waals surface area contributed by atoms with Crippen LogP contribution in [0, 0.1) is 0 Å². The maximum atomic E-state index is 13.4. The fraction of sp³-hybridized carbons (Fsp3) is 0.333. The molecule has 0 saturated carbocycles. The van der Waals surface area contributed by atoms with E-state index in [0.29, 0.717) is 30.2 Å². The minimum Gasteiger partial charge on any atom is -0.425 e. The van der Waals surface area contributed by atoms with E-state index in [1.807, 2.05) is 54.6 Å². The van der Waals surface area contributed by atoms with E-state index >= 15 is 0 Å². The highest BCUT2D eigenvalue weighted by atomic mass is 16.5. The summed E-state index contributed by atoms with van der Waals surface area (Å²) in [5, 5.41) is 19.9. The first-order valence-corrected chi connectivity index (χ1v) is 10.8. The third kappa shape index (κ3) is 4.19. The van der Waals surface area contributed by atoms with Crippen LogP contribution in [0.2, 0.25) is 0 Å². The van der Waals surface area contributed by atoms with E-state index in [9.17, 15) is 15.0 Å². The fourth-order valence-electron chi connectivity index (χ4n) is 3.82. The molecule has 0 bridgehead atoms. The third-order valence-electron chi connectivity index (χ3n) is 5.59. The predicted octanol–water partition coefficient (Wildman–Crippen LogP) is 2.84. The van der Waals surface area contributed by atoms with E-state index in [2.05, 4.69) is 11.9 Å². The van der Waals surface area contributed by atoms with Crippen LogP contribution < -0.4 is 9.64 Å². The molecule has 0 fully saturated rings. The van der Waals surface area contributed by atoms with Crippen LogP contribution in [-0.4, -0.2) is 57.1 Å². The van der Waals surface area contributed by atoms with Crippen LogP contribution in [0.25, 0.3) is 0 Å². The number of amides is 1. The Balaban J connectivity index is 1.79. The predicted molar refractivity (Wildman–Crippen MR) is 121 cm³/mol. The lowest BCUT2D eigenvalue weighted by Gasteiger charge is -2.38. The van der Waals surface area contributed by atoms with E-state index in [-0.39, 0.29) is 25.1 Å². The average Bonchev–Trinajstić information content (AvgIpc) is 3.16. The van der Waals surface area contributed by atoms with Gasteiger partial charge in [-0.25, -0.2) is 0 Å². The zero-order valence-corrected chi connectivity index (χ0v) is 18.3. The molecule has 0 aliphatic carbocycles. The van der Waals surface area contributed by atoms with E-state index in [1.165, 1.54) is 4.90 Å². The monoisotopic (exact) mass is 436 g/mol. The van der Waals surface area contributed by atoms with Gasteiger partial charge in [-0.15, -0.1) is 0 Å². The Bertz CT molecular complexity index is 1080. The van der Waals surface area contributed by atoms with Crippen molar-refractivity contribution in [2.75, 3.05) is 25.1 Å². The lowest BCUT2D eigenvalue weighted by atomic mass is 10.2. The van der Waals surface area contributed by atoms with Gasteiger partial charge < -0.3 is 19.8 Å². The number of ether oxygens (including phenoxy) is 1. The second-order valence-corrected chi connectivity index (χ2v) is 7.77. The van der Waals surface area contributed by atoms with Crippen LogP contribution in [-0.2, 0) is 13.0 Å². The van der Waals surface area contributed by atoms with Gasteiger partial charge >= 0.3 is 6.01 Å². The molecule has 32 heavy (non-hydrogen) atoms. The van der Waals surface area contributed by atoms with Crippen LogP contribution in [0.3, 0.4) is 0 Å². The van der Waals surface area contributed by atoms with Crippen LogP contribution in [0.15, 0.2) is 54.6 Å². The molecule has 0 saturated heterocycles. The van der Waals surface area contributed by atoms with E-state index < -0.39 is 6.35 Å². The summed E-state index contributed by atoms with van der Waals surface area (Å²) in [4.78, 5) is 20.9. The SMILES string of the molecule is CCc1cccc(Oc2nc3c(n2Cc2ccccc2)C(=O)N(CCCO)C(O)N3C)c1. The Morgan fingerprint density at radius 1 is 1.09 bits per heavy atom. The molecular weight excluding hydrogens is 408 g/mol. The highest BCUT2D eigenvalue weighted by molar-refractivity contribution is 5.99. The number of aliphatic hydroxyl groups excluding tert-OH is 2. The number of imidazole rings is 1. The molecule has 1 aromatic heterocycles. The van der Waals surface area contributed by atoms with Gasteiger partial charge in [0.25, 0.3) is 5.91 Å². The summed E-state index contributed by atoms with van der Waals surface area (Å²) in [5.74, 6) is 0.647. The molecule has 1 aliphatic heterocycles. The number of carbonyl (C=O) groups is 1. The molecule has 1 atom stereocenters. The van der Waals surface area contributed by atoms with Gasteiger partial charge in [0, 0.05) is 20.2 Å². The van der Waals surface area contributed by atoms with Gasteiger partial charge in [0.2, 0.25) is 6.35 Å². The summed E-state index contributed by atoms with van der Waals surface area (Å²) in [6.07, 6.45) is 0.0728. The molecule has 2 heterocycles. The number of aromatic nitrogens is 2. The van der Waals surface area contributed by atoms with Crippen molar-refractivity contribution in [3.8, 4) is 11.8 Å². The summed E-state index contributed by atoms with van der Waals surface area (Å²) in [7, 11) is 1.68. The van der Waals surface area contributed by atoms with Crippen molar-refractivity contribution < 1.29 is 19.7 Å². The minimum absolute atomic E-state index is 0.0710. The van der Waals surface area contributed by atoms with Crippen molar-refractivity contribution in [2.24, 2.45) is 0 Å². The molecule has 2 N–H and O–H groups in total. The summed E-state index contributed by atoms with van der Waals surface area (Å²) >= 11 is 0. The number of hydrogen-bond donors (Lipinski definition) is 2. The van der Waals surface area contributed by atoms with Gasteiger partial charge in [-0.3, -0.25) is 14.3 Å². The third-order valence-corrected chi connectivity index (χ3v) is 5.59. The second kappa shape index (κ2) is 9.42. The number of aryl methyl sites for hydroxylation is 1. The van der Waals surface area contributed by atoms with Gasteiger partial charge in [0.1, 0.15) is 5.75 Å². The van der Waals surface area contributed by atoms with Crippen molar-refractivity contribution in [1.29, 1.82) is 0 Å². The second-order valence-electron chi connectivity index (χ2n) is 7.77. The van der Waals surface area contributed by atoms with Crippen LogP contribution in [0.4, 0.5) is 5.82 Å². The standard InChI is InChI=1S/C24H28N4O4/c1-3-17-11-7-12-19(15-17)32-23-25-21-20(28(23)16-18-9-5-4-6-10-18)22(30)27(13-8-14-29)24(31)26(21)2/h4-7,9-12,15,24,29,31H,3,8,13-14,16H2,1-2H3. The summed E-state index contributed by atoms with van der Waals surface area (Å²) < 4.78 is 7.91. The number of nitrogens with zero attached hydrogens (tertiary/aromatic N) is 4. The first-order chi connectivity index (χ1) is 15.5. The van der Waals surface area contributed by atoms with Crippen molar-refractivity contribution in [3.63, 3.8) is 0 Å². The fourth-order valence-corrected chi connectivity index (χ4v) is 3.82. The molecule has 8 nitrogen and oxygen atoms in total. The minimum atomic E-state index is -1.17. The van der Waals surface area contributed by atoms with Gasteiger partial charge in [-0.1, -0.05) is 49.4 Å². The topological polar surface area (TPSA) is 91.1 Å². The zero-order valence-electron chi connectivity index (χ0n) is 18.3. The molecule has 1 amide bonds.